The number of sulfonamides is 1. The number of aromatic amines is 1. The van der Waals surface area contributed by atoms with Gasteiger partial charge in [0.15, 0.2) is 0 Å². The first-order valence-electron chi connectivity index (χ1n) is 6.87. The van der Waals surface area contributed by atoms with Crippen LogP contribution in [0.1, 0.15) is 21.7 Å². The first kappa shape index (κ1) is 17.6. The first-order chi connectivity index (χ1) is 10.8. The molecule has 0 bridgehead atoms. The summed E-state index contributed by atoms with van der Waals surface area (Å²) in [6.45, 7) is 3.52. The lowest BCUT2D eigenvalue weighted by molar-refractivity contribution is 0.0953. The lowest BCUT2D eigenvalue weighted by Gasteiger charge is -2.09. The second-order valence-corrected chi connectivity index (χ2v) is 7.45. The van der Waals surface area contributed by atoms with Crippen molar-refractivity contribution in [1.82, 2.24) is 20.2 Å². The predicted molar refractivity (Wildman–Crippen MR) is 89.7 cm³/mol. The molecule has 0 saturated carbocycles. The van der Waals surface area contributed by atoms with Crippen LogP contribution >= 0.6 is 15.9 Å². The van der Waals surface area contributed by atoms with Crippen LogP contribution in [0, 0.1) is 13.8 Å². The van der Waals surface area contributed by atoms with Crippen LogP contribution in [0.25, 0.3) is 0 Å². The van der Waals surface area contributed by atoms with Gasteiger partial charge in [-0.05, 0) is 41.9 Å². The molecule has 1 aromatic heterocycles. The van der Waals surface area contributed by atoms with Gasteiger partial charge < -0.3 is 5.32 Å². The minimum Gasteiger partial charge on any atom is -0.351 e. The average molecular weight is 401 g/mol. The number of H-pyrrole nitrogens is 1. The third kappa shape index (κ3) is 4.18. The molecule has 0 aliphatic carbocycles. The maximum Gasteiger partial charge on any atom is 0.252 e. The molecule has 0 spiro atoms. The highest BCUT2D eigenvalue weighted by Gasteiger charge is 2.21. The molecule has 0 fully saturated rings. The van der Waals surface area contributed by atoms with Crippen molar-refractivity contribution >= 4 is 31.9 Å². The number of nitrogens with zero attached hydrogens (tertiary/aromatic N) is 1. The Labute approximate surface area is 143 Å². The normalized spacial score (nSPS) is 11.4. The van der Waals surface area contributed by atoms with Crippen LogP contribution in [0.5, 0.6) is 0 Å². The fourth-order valence-electron chi connectivity index (χ4n) is 2.11. The number of aromatic nitrogens is 2. The maximum atomic E-state index is 12.2. The van der Waals surface area contributed by atoms with Gasteiger partial charge in [0.1, 0.15) is 4.90 Å². The first-order valence-corrected chi connectivity index (χ1v) is 9.14. The molecular formula is C14H17BrN4O3S. The van der Waals surface area contributed by atoms with Crippen molar-refractivity contribution in [2.75, 3.05) is 13.1 Å². The van der Waals surface area contributed by atoms with Crippen LogP contribution in [0.4, 0.5) is 0 Å². The summed E-state index contributed by atoms with van der Waals surface area (Å²) in [5, 5.41) is 9.17. The van der Waals surface area contributed by atoms with E-state index in [1.165, 1.54) is 0 Å². The summed E-state index contributed by atoms with van der Waals surface area (Å²) in [4.78, 5) is 12.1. The van der Waals surface area contributed by atoms with Crippen LogP contribution in [0.3, 0.4) is 0 Å². The summed E-state index contributed by atoms with van der Waals surface area (Å²) >= 11 is 3.30. The highest BCUT2D eigenvalue weighted by molar-refractivity contribution is 9.10. The van der Waals surface area contributed by atoms with Crippen LogP contribution in [0.2, 0.25) is 0 Å². The topological polar surface area (TPSA) is 104 Å². The number of hydrogen-bond donors (Lipinski definition) is 3. The SMILES string of the molecule is Cc1n[nH]c(C)c1S(=O)(=O)NCCNC(=O)c1ccccc1Br. The van der Waals surface area contributed by atoms with Crippen molar-refractivity contribution in [2.24, 2.45) is 0 Å². The van der Waals surface area contributed by atoms with E-state index in [0.29, 0.717) is 21.4 Å². The molecule has 0 atom stereocenters. The zero-order chi connectivity index (χ0) is 17.0. The van der Waals surface area contributed by atoms with Gasteiger partial charge in [-0.2, -0.15) is 5.10 Å². The molecule has 0 radical (unpaired) electrons. The van der Waals surface area contributed by atoms with Gasteiger partial charge in [-0.25, -0.2) is 13.1 Å². The number of nitrogens with one attached hydrogen (secondary N) is 3. The molecule has 1 amide bonds. The molecule has 0 aliphatic heterocycles. The van der Waals surface area contributed by atoms with E-state index >= 15 is 0 Å². The zero-order valence-electron chi connectivity index (χ0n) is 12.7. The number of carbonyl (C=O) groups is 1. The fourth-order valence-corrected chi connectivity index (χ4v) is 3.97. The third-order valence-corrected chi connectivity index (χ3v) is 5.57. The van der Waals surface area contributed by atoms with E-state index in [1.807, 2.05) is 6.07 Å². The molecule has 0 unspecified atom stereocenters. The zero-order valence-corrected chi connectivity index (χ0v) is 15.1. The van der Waals surface area contributed by atoms with Gasteiger partial charge in [-0.3, -0.25) is 9.89 Å². The van der Waals surface area contributed by atoms with Gasteiger partial charge in [0.25, 0.3) is 5.91 Å². The molecule has 2 rings (SSSR count). The number of rotatable bonds is 6. The average Bonchev–Trinajstić information content (AvgIpc) is 2.83. The van der Waals surface area contributed by atoms with Crippen LogP contribution < -0.4 is 10.0 Å². The smallest absolute Gasteiger partial charge is 0.252 e. The lowest BCUT2D eigenvalue weighted by Crippen LogP contribution is -2.35. The summed E-state index contributed by atoms with van der Waals surface area (Å²) in [6, 6.07) is 7.02. The van der Waals surface area contributed by atoms with E-state index < -0.39 is 10.0 Å². The number of benzene rings is 1. The molecule has 0 saturated heterocycles. The standard InChI is InChI=1S/C14H17BrN4O3S/c1-9-13(10(2)19-18-9)23(21,22)17-8-7-16-14(20)11-5-3-4-6-12(11)15/h3-6,17H,7-8H2,1-2H3,(H,16,20)(H,18,19). The van der Waals surface area contributed by atoms with Gasteiger partial charge in [0.2, 0.25) is 10.0 Å². The van der Waals surface area contributed by atoms with Crippen molar-refractivity contribution < 1.29 is 13.2 Å². The Hall–Kier alpha value is -1.71. The minimum absolute atomic E-state index is 0.0859. The van der Waals surface area contributed by atoms with Gasteiger partial charge in [0.05, 0.1) is 17.0 Å². The minimum atomic E-state index is -3.65. The van der Waals surface area contributed by atoms with E-state index in [-0.39, 0.29) is 23.9 Å². The van der Waals surface area contributed by atoms with Gasteiger partial charge >= 0.3 is 0 Å². The van der Waals surface area contributed by atoms with Crippen molar-refractivity contribution in [3.63, 3.8) is 0 Å². The number of carbonyl (C=O) groups excluding carboxylic acids is 1. The molecule has 2 aromatic rings. The van der Waals surface area contributed by atoms with Crippen LogP contribution in [-0.4, -0.2) is 37.6 Å². The summed E-state index contributed by atoms with van der Waals surface area (Å²) in [6.07, 6.45) is 0. The van der Waals surface area contributed by atoms with Crippen LogP contribution in [-0.2, 0) is 10.0 Å². The van der Waals surface area contributed by atoms with E-state index in [2.05, 4.69) is 36.2 Å². The van der Waals surface area contributed by atoms with Crippen molar-refractivity contribution in [3.05, 3.63) is 45.7 Å². The Morgan fingerprint density at radius 3 is 2.57 bits per heavy atom. The van der Waals surface area contributed by atoms with Crippen molar-refractivity contribution in [3.8, 4) is 0 Å². The summed E-state index contributed by atoms with van der Waals surface area (Å²) in [7, 11) is -3.65. The molecule has 9 heteroatoms. The van der Waals surface area contributed by atoms with E-state index in [1.54, 1.807) is 32.0 Å². The summed E-state index contributed by atoms with van der Waals surface area (Å²) in [5.74, 6) is -0.271. The quantitative estimate of drug-likeness (QED) is 0.638. The number of halogens is 1. The van der Waals surface area contributed by atoms with E-state index in [0.717, 1.165) is 0 Å². The summed E-state index contributed by atoms with van der Waals surface area (Å²) < 4.78 is 27.6. The lowest BCUT2D eigenvalue weighted by atomic mass is 10.2. The summed E-state index contributed by atoms with van der Waals surface area (Å²) in [5.41, 5.74) is 1.39. The van der Waals surface area contributed by atoms with Crippen LogP contribution in [0.15, 0.2) is 33.6 Å². The van der Waals surface area contributed by atoms with Gasteiger partial charge in [0, 0.05) is 17.6 Å². The number of hydrogen-bond acceptors (Lipinski definition) is 4. The fraction of sp³-hybridized carbons (Fsp3) is 0.286. The maximum absolute atomic E-state index is 12.2. The largest absolute Gasteiger partial charge is 0.351 e. The molecule has 124 valence electrons. The molecular weight excluding hydrogens is 384 g/mol. The highest BCUT2D eigenvalue weighted by Crippen LogP contribution is 2.16. The Bertz CT molecular complexity index is 798. The predicted octanol–water partition coefficient (Wildman–Crippen LogP) is 1.50. The van der Waals surface area contributed by atoms with Crippen molar-refractivity contribution in [2.45, 2.75) is 18.7 Å². The number of amides is 1. The monoisotopic (exact) mass is 400 g/mol. The van der Waals surface area contributed by atoms with E-state index in [9.17, 15) is 13.2 Å². The van der Waals surface area contributed by atoms with Gasteiger partial charge in [-0.1, -0.05) is 12.1 Å². The molecule has 23 heavy (non-hydrogen) atoms. The van der Waals surface area contributed by atoms with E-state index in [4.69, 9.17) is 0 Å². The second-order valence-electron chi connectivity index (χ2n) is 4.90. The second kappa shape index (κ2) is 7.24. The third-order valence-electron chi connectivity index (χ3n) is 3.15. The molecule has 3 N–H and O–H groups in total. The highest BCUT2D eigenvalue weighted by atomic mass is 79.9. The molecule has 7 nitrogen and oxygen atoms in total. The molecule has 0 aliphatic rings. The Morgan fingerprint density at radius 1 is 1.26 bits per heavy atom. The van der Waals surface area contributed by atoms with Gasteiger partial charge in [-0.15, -0.1) is 0 Å². The molecule has 1 heterocycles. The number of aryl methyl sites for hydroxylation is 2. The Morgan fingerprint density at radius 2 is 1.96 bits per heavy atom. The Kier molecular flexibility index (Phi) is 5.55. The Balaban J connectivity index is 1.91. The molecule has 1 aromatic carbocycles. The van der Waals surface area contributed by atoms with Crippen molar-refractivity contribution in [1.29, 1.82) is 0 Å².